The van der Waals surface area contributed by atoms with E-state index in [1.54, 1.807) is 18.7 Å². The van der Waals surface area contributed by atoms with E-state index >= 15 is 0 Å². The molecule has 1 saturated heterocycles. The number of aromatic nitrogens is 2. The lowest BCUT2D eigenvalue weighted by atomic mass is 10.0. The number of rotatable bonds is 6. The lowest BCUT2D eigenvalue weighted by Gasteiger charge is -2.38. The van der Waals surface area contributed by atoms with Crippen molar-refractivity contribution in [3.8, 4) is 0 Å². The second kappa shape index (κ2) is 10.2. The smallest absolute Gasteiger partial charge is 0.257 e. The van der Waals surface area contributed by atoms with Crippen LogP contribution in [0.4, 0.5) is 14.6 Å². The highest BCUT2D eigenvalue weighted by Gasteiger charge is 2.32. The van der Waals surface area contributed by atoms with E-state index in [2.05, 4.69) is 20.2 Å². The lowest BCUT2D eigenvalue weighted by Crippen LogP contribution is -2.56. The minimum atomic E-state index is -0.961. The van der Waals surface area contributed by atoms with Gasteiger partial charge in [-0.1, -0.05) is 33.8 Å². The summed E-state index contributed by atoms with van der Waals surface area (Å²) in [7, 11) is 0. The van der Waals surface area contributed by atoms with Crippen LogP contribution in [0.3, 0.4) is 0 Å². The van der Waals surface area contributed by atoms with Crippen LogP contribution in [0.5, 0.6) is 0 Å². The summed E-state index contributed by atoms with van der Waals surface area (Å²) >= 11 is 0. The van der Waals surface area contributed by atoms with Crippen molar-refractivity contribution in [2.45, 2.75) is 46.6 Å². The minimum absolute atomic E-state index is 0.209. The second-order valence-corrected chi connectivity index (χ2v) is 8.98. The first-order valence-electron chi connectivity index (χ1n) is 11.2. The third-order valence-electron chi connectivity index (χ3n) is 5.70. The summed E-state index contributed by atoms with van der Waals surface area (Å²) in [6, 6.07) is 4.27. The lowest BCUT2D eigenvalue weighted by molar-refractivity contribution is -0.134. The SMILES string of the molecule is Cc1cc(N2CCN(C(=O)C(NC(=O)c3c(F)cccc3F)C(C)C)CC2)nc(C(C)C)n1. The largest absolute Gasteiger partial charge is 0.353 e. The van der Waals surface area contributed by atoms with Crippen LogP contribution in [-0.4, -0.2) is 58.9 Å². The number of benzene rings is 1. The molecule has 0 saturated carbocycles. The zero-order valence-electron chi connectivity index (χ0n) is 19.7. The molecule has 0 radical (unpaired) electrons. The molecule has 3 rings (SSSR count). The summed E-state index contributed by atoms with van der Waals surface area (Å²) in [6.45, 7) is 11.7. The number of hydrogen-bond acceptors (Lipinski definition) is 5. The fraction of sp³-hybridized carbons (Fsp3) is 0.500. The molecule has 2 heterocycles. The van der Waals surface area contributed by atoms with Crippen molar-refractivity contribution >= 4 is 17.6 Å². The Kier molecular flexibility index (Phi) is 7.61. The molecule has 9 heteroatoms. The van der Waals surface area contributed by atoms with Crippen molar-refractivity contribution in [2.24, 2.45) is 5.92 Å². The van der Waals surface area contributed by atoms with Crippen molar-refractivity contribution in [2.75, 3.05) is 31.1 Å². The minimum Gasteiger partial charge on any atom is -0.353 e. The van der Waals surface area contributed by atoms with E-state index in [9.17, 15) is 18.4 Å². The molecule has 2 amide bonds. The monoisotopic (exact) mass is 459 g/mol. The van der Waals surface area contributed by atoms with E-state index in [1.165, 1.54) is 6.07 Å². The van der Waals surface area contributed by atoms with Gasteiger partial charge in [-0.2, -0.15) is 0 Å². The van der Waals surface area contributed by atoms with Gasteiger partial charge in [0, 0.05) is 43.9 Å². The van der Waals surface area contributed by atoms with Gasteiger partial charge >= 0.3 is 0 Å². The number of amides is 2. The molecule has 1 aromatic carbocycles. The molecular weight excluding hydrogens is 428 g/mol. The molecule has 178 valence electrons. The van der Waals surface area contributed by atoms with Crippen molar-refractivity contribution in [3.05, 3.63) is 53.0 Å². The van der Waals surface area contributed by atoms with Crippen LogP contribution in [0.15, 0.2) is 24.3 Å². The average molecular weight is 460 g/mol. The van der Waals surface area contributed by atoms with Crippen LogP contribution in [0, 0.1) is 24.5 Å². The van der Waals surface area contributed by atoms with Crippen molar-refractivity contribution < 1.29 is 18.4 Å². The Morgan fingerprint density at radius 2 is 1.61 bits per heavy atom. The highest BCUT2D eigenvalue weighted by molar-refractivity contribution is 5.98. The van der Waals surface area contributed by atoms with Gasteiger partial charge in [0.25, 0.3) is 5.91 Å². The number of nitrogens with one attached hydrogen (secondary N) is 1. The topological polar surface area (TPSA) is 78.4 Å². The van der Waals surface area contributed by atoms with Gasteiger partial charge in [-0.05, 0) is 25.0 Å². The molecule has 1 N–H and O–H groups in total. The first kappa shape index (κ1) is 24.5. The van der Waals surface area contributed by atoms with Crippen LogP contribution in [0.25, 0.3) is 0 Å². The van der Waals surface area contributed by atoms with Gasteiger partial charge in [-0.15, -0.1) is 0 Å². The third-order valence-corrected chi connectivity index (χ3v) is 5.70. The maximum absolute atomic E-state index is 14.0. The van der Waals surface area contributed by atoms with Gasteiger partial charge in [0.1, 0.15) is 34.9 Å². The van der Waals surface area contributed by atoms with E-state index in [1.807, 2.05) is 26.8 Å². The molecule has 1 fully saturated rings. The Hall–Kier alpha value is -3.10. The standard InChI is InChI=1S/C24H31F2N5O2/c1-14(2)21(29-23(32)20-17(25)7-6-8-18(20)26)24(33)31-11-9-30(10-12-31)19-13-16(5)27-22(28-19)15(3)4/h6-8,13-15,21H,9-12H2,1-5H3,(H,29,32). The second-order valence-electron chi connectivity index (χ2n) is 8.98. The number of hydrogen-bond donors (Lipinski definition) is 1. The molecule has 0 spiro atoms. The Morgan fingerprint density at radius 3 is 2.15 bits per heavy atom. The first-order valence-corrected chi connectivity index (χ1v) is 11.2. The zero-order chi connectivity index (χ0) is 24.3. The summed E-state index contributed by atoms with van der Waals surface area (Å²) in [6.07, 6.45) is 0. The normalized spacial score (nSPS) is 15.2. The summed E-state index contributed by atoms with van der Waals surface area (Å²) in [5, 5.41) is 2.54. The fourth-order valence-electron chi connectivity index (χ4n) is 3.79. The number of piperazine rings is 1. The van der Waals surface area contributed by atoms with Gasteiger partial charge in [0.15, 0.2) is 0 Å². The maximum atomic E-state index is 14.0. The number of halogens is 2. The number of nitrogens with zero attached hydrogens (tertiary/aromatic N) is 4. The number of anilines is 1. The average Bonchev–Trinajstić information content (AvgIpc) is 2.76. The molecule has 33 heavy (non-hydrogen) atoms. The van der Waals surface area contributed by atoms with Crippen molar-refractivity contribution in [1.82, 2.24) is 20.2 Å². The van der Waals surface area contributed by atoms with Crippen molar-refractivity contribution in [3.63, 3.8) is 0 Å². The first-order chi connectivity index (χ1) is 15.6. The van der Waals surface area contributed by atoms with E-state index in [0.717, 1.165) is 29.5 Å². The van der Waals surface area contributed by atoms with Crippen LogP contribution in [-0.2, 0) is 4.79 Å². The van der Waals surface area contributed by atoms with Gasteiger partial charge in [-0.3, -0.25) is 9.59 Å². The number of aryl methyl sites for hydroxylation is 1. The highest BCUT2D eigenvalue weighted by Crippen LogP contribution is 2.20. The fourth-order valence-corrected chi connectivity index (χ4v) is 3.79. The Morgan fingerprint density at radius 1 is 1.00 bits per heavy atom. The number of carbonyl (C=O) groups excluding carboxylic acids is 2. The van der Waals surface area contributed by atoms with Gasteiger partial charge in [0.2, 0.25) is 5.91 Å². The maximum Gasteiger partial charge on any atom is 0.257 e. The van der Waals surface area contributed by atoms with Crippen LogP contribution in [0.1, 0.15) is 55.5 Å². The Balaban J connectivity index is 1.68. The number of carbonyl (C=O) groups is 2. The quantitative estimate of drug-likeness (QED) is 0.717. The summed E-state index contributed by atoms with van der Waals surface area (Å²) in [5.74, 6) is -1.55. The van der Waals surface area contributed by atoms with Gasteiger partial charge in [0.05, 0.1) is 0 Å². The molecular formula is C24H31F2N5O2. The Bertz CT molecular complexity index is 1000. The van der Waals surface area contributed by atoms with E-state index in [-0.39, 0.29) is 17.7 Å². The highest BCUT2D eigenvalue weighted by atomic mass is 19.1. The van der Waals surface area contributed by atoms with Crippen LogP contribution in [0.2, 0.25) is 0 Å². The molecule has 0 aliphatic carbocycles. The molecule has 1 aromatic heterocycles. The van der Waals surface area contributed by atoms with Crippen molar-refractivity contribution in [1.29, 1.82) is 0 Å². The molecule has 1 atom stereocenters. The predicted molar refractivity (Wildman–Crippen MR) is 122 cm³/mol. The van der Waals surface area contributed by atoms with E-state index in [0.29, 0.717) is 26.2 Å². The Labute approximate surface area is 193 Å². The molecule has 7 nitrogen and oxygen atoms in total. The summed E-state index contributed by atoms with van der Waals surface area (Å²) in [4.78, 5) is 38.7. The van der Waals surface area contributed by atoms with E-state index < -0.39 is 29.1 Å². The molecule has 1 unspecified atom stereocenters. The zero-order valence-corrected chi connectivity index (χ0v) is 19.7. The predicted octanol–water partition coefficient (Wildman–Crippen LogP) is 3.29. The molecule has 0 bridgehead atoms. The van der Waals surface area contributed by atoms with Crippen LogP contribution < -0.4 is 10.2 Å². The summed E-state index contributed by atoms with van der Waals surface area (Å²) < 4.78 is 28.0. The third kappa shape index (κ3) is 5.64. The molecule has 1 aliphatic rings. The molecule has 1 aliphatic heterocycles. The van der Waals surface area contributed by atoms with Gasteiger partial charge in [-0.25, -0.2) is 18.7 Å². The summed E-state index contributed by atoms with van der Waals surface area (Å²) in [5.41, 5.74) is 0.214. The van der Waals surface area contributed by atoms with E-state index in [4.69, 9.17) is 0 Å². The molecule has 2 aromatic rings. The van der Waals surface area contributed by atoms with Gasteiger partial charge < -0.3 is 15.1 Å². The van der Waals surface area contributed by atoms with Crippen LogP contribution >= 0.6 is 0 Å².